The van der Waals surface area contributed by atoms with Crippen LogP contribution >= 0.6 is 0 Å². The number of nitrogens with zero attached hydrogens (tertiary/aromatic N) is 3. The molecule has 0 saturated heterocycles. The number of hydrogen-bond donors (Lipinski definition) is 1. The number of carbonyl (C=O) groups is 1. The van der Waals surface area contributed by atoms with Gasteiger partial charge in [0.15, 0.2) is 11.5 Å². The Labute approximate surface area is 176 Å². The maximum Gasteiger partial charge on any atom is 0.254 e. The van der Waals surface area contributed by atoms with E-state index in [9.17, 15) is 4.79 Å². The van der Waals surface area contributed by atoms with Gasteiger partial charge < -0.3 is 29.2 Å². The van der Waals surface area contributed by atoms with Crippen molar-refractivity contribution in [3.8, 4) is 40.4 Å². The Hall–Kier alpha value is -4.53. The van der Waals surface area contributed by atoms with E-state index in [2.05, 4.69) is 9.97 Å². The van der Waals surface area contributed by atoms with Gasteiger partial charge in [-0.3, -0.25) is 4.79 Å². The molecule has 0 aliphatic carbocycles. The van der Waals surface area contributed by atoms with Crippen LogP contribution < -0.4 is 24.7 Å². The first-order valence-corrected chi connectivity index (χ1v) is 9.30. The van der Waals surface area contributed by atoms with Crippen LogP contribution in [0.3, 0.4) is 0 Å². The number of hydrogen-bond acceptors (Lipinski definition) is 7. The molecule has 1 aliphatic rings. The summed E-state index contributed by atoms with van der Waals surface area (Å²) in [6.07, 6.45) is 5.22. The Morgan fingerprint density at radius 3 is 2.55 bits per heavy atom. The third-order valence-electron chi connectivity index (χ3n) is 4.52. The number of aromatic nitrogens is 3. The van der Waals surface area contributed by atoms with Crippen molar-refractivity contribution in [2.24, 2.45) is 5.73 Å². The topological polar surface area (TPSA) is 111 Å². The minimum Gasteiger partial charge on any atom is -0.454 e. The van der Waals surface area contributed by atoms with Crippen molar-refractivity contribution >= 4 is 5.91 Å². The van der Waals surface area contributed by atoms with Gasteiger partial charge in [0.1, 0.15) is 17.1 Å². The number of pyridine rings is 1. The SMILES string of the molecule is NC(=O)c1ccc(Oc2ccc3c(c2)OCO3)nc1Oc1ccc(-n2ccnc2)cc1. The molecule has 9 heteroatoms. The van der Waals surface area contributed by atoms with Crippen molar-refractivity contribution in [2.75, 3.05) is 6.79 Å². The van der Waals surface area contributed by atoms with Crippen molar-refractivity contribution in [2.45, 2.75) is 0 Å². The minimum atomic E-state index is -0.660. The smallest absolute Gasteiger partial charge is 0.254 e. The van der Waals surface area contributed by atoms with Gasteiger partial charge in [0, 0.05) is 30.2 Å². The lowest BCUT2D eigenvalue weighted by Crippen LogP contribution is -2.13. The van der Waals surface area contributed by atoms with Gasteiger partial charge in [-0.2, -0.15) is 4.98 Å². The Morgan fingerprint density at radius 1 is 0.968 bits per heavy atom. The van der Waals surface area contributed by atoms with Crippen LogP contribution in [0.2, 0.25) is 0 Å². The Morgan fingerprint density at radius 2 is 1.77 bits per heavy atom. The number of imidazole rings is 1. The van der Waals surface area contributed by atoms with E-state index >= 15 is 0 Å². The Kier molecular flexibility index (Phi) is 4.60. The van der Waals surface area contributed by atoms with E-state index in [1.807, 2.05) is 22.9 Å². The average molecular weight is 416 g/mol. The van der Waals surface area contributed by atoms with Crippen LogP contribution in [-0.2, 0) is 0 Å². The van der Waals surface area contributed by atoms with Crippen LogP contribution in [0.1, 0.15) is 10.4 Å². The predicted molar refractivity (Wildman–Crippen MR) is 109 cm³/mol. The second kappa shape index (κ2) is 7.71. The van der Waals surface area contributed by atoms with E-state index in [1.165, 1.54) is 6.07 Å². The summed E-state index contributed by atoms with van der Waals surface area (Å²) in [4.78, 5) is 20.2. The quantitative estimate of drug-likeness (QED) is 0.510. The fraction of sp³-hybridized carbons (Fsp3) is 0.0455. The normalized spacial score (nSPS) is 11.9. The Bertz CT molecular complexity index is 1240. The molecule has 9 nitrogen and oxygen atoms in total. The third-order valence-corrected chi connectivity index (χ3v) is 4.52. The van der Waals surface area contributed by atoms with E-state index in [0.29, 0.717) is 23.0 Å². The van der Waals surface area contributed by atoms with Gasteiger partial charge in [-0.15, -0.1) is 0 Å². The lowest BCUT2D eigenvalue weighted by molar-refractivity contribution is 0.0997. The summed E-state index contributed by atoms with van der Waals surface area (Å²) < 4.78 is 24.1. The second-order valence-corrected chi connectivity index (χ2v) is 6.55. The fourth-order valence-corrected chi connectivity index (χ4v) is 3.02. The van der Waals surface area contributed by atoms with Gasteiger partial charge in [-0.25, -0.2) is 4.98 Å². The molecule has 0 atom stereocenters. The van der Waals surface area contributed by atoms with Gasteiger partial charge in [0.2, 0.25) is 18.6 Å². The number of primary amides is 1. The number of ether oxygens (including phenoxy) is 4. The van der Waals surface area contributed by atoms with E-state index in [-0.39, 0.29) is 24.1 Å². The summed E-state index contributed by atoms with van der Waals surface area (Å²) in [5, 5.41) is 0. The molecule has 2 aromatic carbocycles. The van der Waals surface area contributed by atoms with Gasteiger partial charge in [0.05, 0.1) is 6.33 Å². The molecular formula is C22H16N4O5. The highest BCUT2D eigenvalue weighted by Gasteiger charge is 2.17. The molecule has 5 rings (SSSR count). The summed E-state index contributed by atoms with van der Waals surface area (Å²) in [5.41, 5.74) is 6.53. The molecule has 1 aliphatic heterocycles. The summed E-state index contributed by atoms with van der Waals surface area (Å²) in [7, 11) is 0. The molecule has 0 bridgehead atoms. The molecule has 0 fully saturated rings. The van der Waals surface area contributed by atoms with Gasteiger partial charge in [-0.05, 0) is 42.5 Å². The van der Waals surface area contributed by atoms with Gasteiger partial charge >= 0.3 is 0 Å². The first kappa shape index (κ1) is 18.5. The molecule has 0 unspecified atom stereocenters. The highest BCUT2D eigenvalue weighted by molar-refractivity contribution is 5.95. The van der Waals surface area contributed by atoms with Gasteiger partial charge in [-0.1, -0.05) is 0 Å². The van der Waals surface area contributed by atoms with Crippen molar-refractivity contribution < 1.29 is 23.7 Å². The van der Waals surface area contributed by atoms with Crippen LogP contribution in [0.25, 0.3) is 5.69 Å². The van der Waals surface area contributed by atoms with Crippen molar-refractivity contribution in [3.63, 3.8) is 0 Å². The van der Waals surface area contributed by atoms with Crippen LogP contribution in [0, 0.1) is 0 Å². The zero-order valence-electron chi connectivity index (χ0n) is 16.1. The molecule has 1 amide bonds. The molecule has 2 aromatic heterocycles. The van der Waals surface area contributed by atoms with E-state index < -0.39 is 5.91 Å². The van der Waals surface area contributed by atoms with Crippen LogP contribution in [0.15, 0.2) is 73.3 Å². The molecule has 0 radical (unpaired) electrons. The number of carbonyl (C=O) groups excluding carboxylic acids is 1. The molecule has 4 aromatic rings. The van der Waals surface area contributed by atoms with E-state index in [4.69, 9.17) is 24.7 Å². The number of nitrogens with two attached hydrogens (primary N) is 1. The maximum absolute atomic E-state index is 11.8. The number of amides is 1. The first-order chi connectivity index (χ1) is 15.2. The highest BCUT2D eigenvalue weighted by Crippen LogP contribution is 2.37. The average Bonchev–Trinajstić information content (AvgIpc) is 3.46. The zero-order valence-corrected chi connectivity index (χ0v) is 16.1. The van der Waals surface area contributed by atoms with E-state index in [0.717, 1.165) is 5.69 Å². The van der Waals surface area contributed by atoms with Crippen molar-refractivity contribution in [3.05, 3.63) is 78.9 Å². The number of benzene rings is 2. The molecule has 0 saturated carbocycles. The van der Waals surface area contributed by atoms with E-state index in [1.54, 1.807) is 48.9 Å². The zero-order chi connectivity index (χ0) is 21.2. The fourth-order valence-electron chi connectivity index (χ4n) is 3.02. The van der Waals surface area contributed by atoms with Crippen LogP contribution in [0.4, 0.5) is 0 Å². The maximum atomic E-state index is 11.8. The molecule has 31 heavy (non-hydrogen) atoms. The summed E-state index contributed by atoms with van der Waals surface area (Å²) in [5.74, 6) is 1.83. The van der Waals surface area contributed by atoms with Crippen molar-refractivity contribution in [1.82, 2.24) is 14.5 Å². The molecule has 154 valence electrons. The summed E-state index contributed by atoms with van der Waals surface area (Å²) >= 11 is 0. The monoisotopic (exact) mass is 416 g/mol. The lowest BCUT2D eigenvalue weighted by Gasteiger charge is -2.11. The molecular weight excluding hydrogens is 400 g/mol. The summed E-state index contributed by atoms with van der Waals surface area (Å²) in [6.45, 7) is 0.169. The first-order valence-electron chi connectivity index (χ1n) is 9.30. The third kappa shape index (κ3) is 3.84. The standard InChI is InChI=1S/C22H16N4O5/c23-21(27)17-6-8-20(30-16-5-7-18-19(11-16)29-13-28-18)25-22(17)31-15-3-1-14(2-4-15)26-10-9-24-12-26/h1-12H,13H2,(H2,23,27). The molecule has 0 spiro atoms. The highest BCUT2D eigenvalue weighted by atomic mass is 16.7. The lowest BCUT2D eigenvalue weighted by atomic mass is 10.2. The number of rotatable bonds is 6. The molecule has 3 heterocycles. The second-order valence-electron chi connectivity index (χ2n) is 6.55. The minimum absolute atomic E-state index is 0.0427. The van der Waals surface area contributed by atoms with Gasteiger partial charge in [0.25, 0.3) is 5.91 Å². The predicted octanol–water partition coefficient (Wildman–Crippen LogP) is 3.68. The molecule has 2 N–H and O–H groups in total. The van der Waals surface area contributed by atoms with Crippen LogP contribution in [-0.4, -0.2) is 27.2 Å². The largest absolute Gasteiger partial charge is 0.454 e. The number of fused-ring (bicyclic) bond motifs is 1. The van der Waals surface area contributed by atoms with Crippen molar-refractivity contribution in [1.29, 1.82) is 0 Å². The summed E-state index contributed by atoms with van der Waals surface area (Å²) in [6, 6.07) is 15.4. The van der Waals surface area contributed by atoms with Crippen LogP contribution in [0.5, 0.6) is 34.8 Å². The Balaban J connectivity index is 1.40.